The van der Waals surface area contributed by atoms with Crippen molar-refractivity contribution >= 4 is 35.3 Å². The highest BCUT2D eigenvalue weighted by atomic mass is 16.6. The topological polar surface area (TPSA) is 125 Å². The van der Waals surface area contributed by atoms with Crippen molar-refractivity contribution in [3.05, 3.63) is 39.4 Å². The normalized spacial score (nSPS) is 18.9. The Morgan fingerprint density at radius 1 is 1.21 bits per heavy atom. The summed E-state index contributed by atoms with van der Waals surface area (Å²) in [5, 5.41) is 16.6. The Hall–Kier alpha value is -3.27. The van der Waals surface area contributed by atoms with Crippen molar-refractivity contribution in [3.8, 4) is 0 Å². The third-order valence-corrected chi connectivity index (χ3v) is 4.90. The average Bonchev–Trinajstić information content (AvgIpc) is 2.71. The van der Waals surface area contributed by atoms with E-state index >= 15 is 0 Å². The van der Waals surface area contributed by atoms with Gasteiger partial charge in [-0.25, -0.2) is 4.79 Å². The fraction of sp³-hybridized carbons (Fsp3) is 0.421. The number of nitro groups is 1. The van der Waals surface area contributed by atoms with E-state index in [-0.39, 0.29) is 17.8 Å². The number of non-ortho nitro benzene ring substituents is 1. The lowest BCUT2D eigenvalue weighted by molar-refractivity contribution is -0.384. The SMILES string of the molecule is CCCCN1C(=O)NC(=O)/C(=C/c2cc([N+](=O)[O-])ccc2N2CCNCC2)C1=O. The molecule has 0 saturated carbocycles. The van der Waals surface area contributed by atoms with E-state index in [2.05, 4.69) is 10.6 Å². The van der Waals surface area contributed by atoms with Gasteiger partial charge in [-0.3, -0.25) is 29.9 Å². The maximum Gasteiger partial charge on any atom is 0.331 e. The molecular weight excluding hydrogens is 378 g/mol. The van der Waals surface area contributed by atoms with Gasteiger partial charge in [0.15, 0.2) is 0 Å². The fourth-order valence-electron chi connectivity index (χ4n) is 3.33. The predicted molar refractivity (Wildman–Crippen MR) is 106 cm³/mol. The van der Waals surface area contributed by atoms with Crippen LogP contribution in [-0.2, 0) is 9.59 Å². The third kappa shape index (κ3) is 4.43. The molecule has 1 aromatic carbocycles. The molecule has 0 radical (unpaired) electrons. The predicted octanol–water partition coefficient (Wildman–Crippen LogP) is 1.27. The molecule has 29 heavy (non-hydrogen) atoms. The number of nitro benzene ring substituents is 1. The molecule has 0 unspecified atom stereocenters. The summed E-state index contributed by atoms with van der Waals surface area (Å²) < 4.78 is 0. The zero-order valence-electron chi connectivity index (χ0n) is 16.1. The minimum atomic E-state index is -0.800. The van der Waals surface area contributed by atoms with Gasteiger partial charge in [-0.05, 0) is 18.6 Å². The number of carbonyl (C=O) groups is 3. The number of piperazine rings is 1. The van der Waals surface area contributed by atoms with Crippen LogP contribution in [0.4, 0.5) is 16.2 Å². The highest BCUT2D eigenvalue weighted by Crippen LogP contribution is 2.29. The van der Waals surface area contributed by atoms with Gasteiger partial charge in [0.05, 0.1) is 4.92 Å². The fourth-order valence-corrected chi connectivity index (χ4v) is 3.33. The molecular formula is C19H23N5O5. The van der Waals surface area contributed by atoms with Gasteiger partial charge in [0.25, 0.3) is 17.5 Å². The van der Waals surface area contributed by atoms with Crippen molar-refractivity contribution in [2.45, 2.75) is 19.8 Å². The molecule has 2 heterocycles. The highest BCUT2D eigenvalue weighted by Gasteiger charge is 2.35. The number of unbranched alkanes of at least 4 members (excludes halogenated alkanes) is 1. The Kier molecular flexibility index (Phi) is 6.23. The number of amides is 4. The van der Waals surface area contributed by atoms with Crippen molar-refractivity contribution in [2.75, 3.05) is 37.6 Å². The second kappa shape index (κ2) is 8.82. The zero-order chi connectivity index (χ0) is 21.0. The number of hydrogen-bond acceptors (Lipinski definition) is 7. The lowest BCUT2D eigenvalue weighted by Gasteiger charge is -2.31. The molecule has 1 aromatic rings. The summed E-state index contributed by atoms with van der Waals surface area (Å²) in [5.41, 5.74) is 0.738. The van der Waals surface area contributed by atoms with E-state index in [0.717, 1.165) is 24.4 Å². The number of rotatable bonds is 6. The number of barbiturate groups is 1. The molecule has 0 aliphatic carbocycles. The Balaban J connectivity index is 2.02. The van der Waals surface area contributed by atoms with Gasteiger partial charge in [-0.15, -0.1) is 0 Å². The molecule has 154 valence electrons. The van der Waals surface area contributed by atoms with Crippen LogP contribution in [0.15, 0.2) is 23.8 Å². The molecule has 2 saturated heterocycles. The van der Waals surface area contributed by atoms with Gasteiger partial charge in [0.1, 0.15) is 5.57 Å². The van der Waals surface area contributed by atoms with Crippen LogP contribution in [0.3, 0.4) is 0 Å². The lowest BCUT2D eigenvalue weighted by Crippen LogP contribution is -2.54. The van der Waals surface area contributed by atoms with Gasteiger partial charge in [0, 0.05) is 56.1 Å². The van der Waals surface area contributed by atoms with Crippen LogP contribution in [0, 0.1) is 10.1 Å². The quantitative estimate of drug-likeness (QED) is 0.318. The zero-order valence-corrected chi connectivity index (χ0v) is 16.1. The van der Waals surface area contributed by atoms with Crippen molar-refractivity contribution in [3.63, 3.8) is 0 Å². The molecule has 0 aromatic heterocycles. The number of nitrogens with zero attached hydrogens (tertiary/aromatic N) is 3. The minimum Gasteiger partial charge on any atom is -0.368 e. The van der Waals surface area contributed by atoms with Crippen LogP contribution in [0.2, 0.25) is 0 Å². The van der Waals surface area contributed by atoms with E-state index in [1.165, 1.54) is 18.2 Å². The van der Waals surface area contributed by atoms with Crippen LogP contribution < -0.4 is 15.5 Å². The molecule has 2 fully saturated rings. The van der Waals surface area contributed by atoms with Gasteiger partial charge in [-0.2, -0.15) is 0 Å². The summed E-state index contributed by atoms with van der Waals surface area (Å²) in [6.45, 7) is 5.02. The minimum absolute atomic E-state index is 0.140. The van der Waals surface area contributed by atoms with E-state index in [4.69, 9.17) is 0 Å². The number of urea groups is 1. The van der Waals surface area contributed by atoms with Gasteiger partial charge in [-0.1, -0.05) is 13.3 Å². The first kappa shape index (κ1) is 20.5. The highest BCUT2D eigenvalue weighted by molar-refractivity contribution is 6.31. The van der Waals surface area contributed by atoms with E-state index in [9.17, 15) is 24.5 Å². The van der Waals surface area contributed by atoms with Crippen molar-refractivity contribution < 1.29 is 19.3 Å². The number of benzene rings is 1. The summed E-state index contributed by atoms with van der Waals surface area (Å²) in [5.74, 6) is -1.49. The summed E-state index contributed by atoms with van der Waals surface area (Å²) >= 11 is 0. The van der Waals surface area contributed by atoms with Crippen LogP contribution in [0.25, 0.3) is 6.08 Å². The number of hydrogen-bond donors (Lipinski definition) is 2. The van der Waals surface area contributed by atoms with Crippen LogP contribution in [0.1, 0.15) is 25.3 Å². The third-order valence-electron chi connectivity index (χ3n) is 4.90. The molecule has 10 heteroatoms. The molecule has 10 nitrogen and oxygen atoms in total. The largest absolute Gasteiger partial charge is 0.368 e. The molecule has 3 rings (SSSR count). The van der Waals surface area contributed by atoms with E-state index in [1.807, 2.05) is 11.8 Å². The maximum absolute atomic E-state index is 12.8. The molecule has 2 aliphatic rings. The number of anilines is 1. The van der Waals surface area contributed by atoms with Crippen molar-refractivity contribution in [1.29, 1.82) is 0 Å². The lowest BCUT2D eigenvalue weighted by atomic mass is 10.0. The van der Waals surface area contributed by atoms with Gasteiger partial charge in [0.2, 0.25) is 0 Å². The molecule has 2 N–H and O–H groups in total. The number of nitrogens with one attached hydrogen (secondary N) is 2. The summed E-state index contributed by atoms with van der Waals surface area (Å²) in [6, 6.07) is 3.63. The number of carbonyl (C=O) groups excluding carboxylic acids is 3. The average molecular weight is 401 g/mol. The summed E-state index contributed by atoms with van der Waals surface area (Å²) in [7, 11) is 0. The molecule has 0 spiro atoms. The Morgan fingerprint density at radius 2 is 1.93 bits per heavy atom. The van der Waals surface area contributed by atoms with Crippen molar-refractivity contribution in [1.82, 2.24) is 15.5 Å². The van der Waals surface area contributed by atoms with Gasteiger partial charge < -0.3 is 10.2 Å². The van der Waals surface area contributed by atoms with Crippen LogP contribution in [-0.4, -0.2) is 60.4 Å². The molecule has 0 atom stereocenters. The molecule has 2 aliphatic heterocycles. The van der Waals surface area contributed by atoms with E-state index < -0.39 is 22.8 Å². The van der Waals surface area contributed by atoms with Crippen LogP contribution >= 0.6 is 0 Å². The standard InChI is InChI=1S/C19H23N5O5/c1-2-3-8-23-18(26)15(17(25)21-19(23)27)12-13-11-14(24(28)29)4-5-16(13)22-9-6-20-7-10-22/h4-5,11-12,20H,2-3,6-10H2,1H3,(H,21,25,27)/b15-12-. The summed E-state index contributed by atoms with van der Waals surface area (Å²) in [4.78, 5) is 50.9. The van der Waals surface area contributed by atoms with Crippen molar-refractivity contribution in [2.24, 2.45) is 0 Å². The Bertz CT molecular complexity index is 876. The summed E-state index contributed by atoms with van der Waals surface area (Å²) in [6.07, 6.45) is 2.74. The number of imide groups is 2. The maximum atomic E-state index is 12.8. The van der Waals surface area contributed by atoms with E-state index in [0.29, 0.717) is 30.8 Å². The second-order valence-corrected chi connectivity index (χ2v) is 6.86. The second-order valence-electron chi connectivity index (χ2n) is 6.86. The first-order valence-electron chi connectivity index (χ1n) is 9.55. The van der Waals surface area contributed by atoms with Crippen LogP contribution in [0.5, 0.6) is 0 Å². The Morgan fingerprint density at radius 3 is 2.59 bits per heavy atom. The Labute approximate surface area is 167 Å². The molecule has 4 amide bonds. The first-order chi connectivity index (χ1) is 13.9. The molecule has 0 bridgehead atoms. The van der Waals surface area contributed by atoms with E-state index in [1.54, 1.807) is 6.07 Å². The first-order valence-corrected chi connectivity index (χ1v) is 9.55. The van der Waals surface area contributed by atoms with Gasteiger partial charge >= 0.3 is 6.03 Å². The smallest absolute Gasteiger partial charge is 0.331 e. The monoisotopic (exact) mass is 401 g/mol.